The van der Waals surface area contributed by atoms with Crippen LogP contribution >= 0.6 is 0 Å². The second-order valence-corrected chi connectivity index (χ2v) is 8.37. The first kappa shape index (κ1) is 16.8. The number of aryl methyl sites for hydroxylation is 1. The molecule has 0 aliphatic carbocycles. The van der Waals surface area contributed by atoms with Gasteiger partial charge >= 0.3 is 0 Å². The van der Waals surface area contributed by atoms with Crippen molar-refractivity contribution in [3.8, 4) is 0 Å². The minimum Gasteiger partial charge on any atom is -0.269 e. The third kappa shape index (κ3) is 2.99. The van der Waals surface area contributed by atoms with Gasteiger partial charge in [0.2, 0.25) is 0 Å². The van der Waals surface area contributed by atoms with Crippen molar-refractivity contribution >= 4 is 26.6 Å². The van der Waals surface area contributed by atoms with Crippen LogP contribution in [0.5, 0.6) is 0 Å². The number of rotatable bonds is 4. The van der Waals surface area contributed by atoms with Crippen molar-refractivity contribution in [3.63, 3.8) is 0 Å². The Morgan fingerprint density at radius 3 is 2.50 bits per heavy atom. The largest absolute Gasteiger partial charge is 0.269 e. The summed E-state index contributed by atoms with van der Waals surface area (Å²) in [6.07, 6.45) is 0.506. The zero-order valence-corrected chi connectivity index (χ0v) is 15.4. The fourth-order valence-electron chi connectivity index (χ4n) is 3.34. The van der Waals surface area contributed by atoms with Gasteiger partial charge in [-0.3, -0.25) is 9.30 Å². The molecule has 3 aromatic carbocycles. The Balaban J connectivity index is 1.67. The molecule has 0 saturated heterocycles. The highest BCUT2D eigenvalue weighted by molar-refractivity contribution is 7.89. The van der Waals surface area contributed by atoms with E-state index in [1.807, 2.05) is 43.3 Å². The first-order valence-corrected chi connectivity index (χ1v) is 10.1. The Morgan fingerprint density at radius 2 is 1.69 bits per heavy atom. The lowest BCUT2D eigenvalue weighted by Gasteiger charge is -2.21. The summed E-state index contributed by atoms with van der Waals surface area (Å²) in [6.45, 7) is 2.85. The molecule has 132 valence electrons. The zero-order valence-electron chi connectivity index (χ0n) is 14.6. The van der Waals surface area contributed by atoms with E-state index in [2.05, 4.69) is 23.2 Å². The number of hydrogen-bond acceptors (Lipinski definition) is 3. The molecule has 1 aliphatic rings. The van der Waals surface area contributed by atoms with Gasteiger partial charge in [0.25, 0.3) is 10.0 Å². The molecule has 0 unspecified atom stereocenters. The van der Waals surface area contributed by atoms with Gasteiger partial charge in [0, 0.05) is 6.42 Å². The lowest BCUT2D eigenvalue weighted by atomic mass is 10.0. The fourth-order valence-corrected chi connectivity index (χ4v) is 4.79. The SMILES string of the molecule is Cc1ccc(S(=O)(=O)N2CCN=C2Cc2cccc3ccccc23)cc1. The number of amidine groups is 1. The Labute approximate surface area is 153 Å². The van der Waals surface area contributed by atoms with Gasteiger partial charge in [-0.05, 0) is 35.4 Å². The molecule has 1 heterocycles. The zero-order chi connectivity index (χ0) is 18.1. The third-order valence-corrected chi connectivity index (χ3v) is 6.56. The highest BCUT2D eigenvalue weighted by Crippen LogP contribution is 2.24. The van der Waals surface area contributed by atoms with E-state index in [-0.39, 0.29) is 0 Å². The Bertz CT molecular complexity index is 1080. The van der Waals surface area contributed by atoms with Crippen LogP contribution in [0.15, 0.2) is 76.6 Å². The van der Waals surface area contributed by atoms with E-state index in [1.54, 1.807) is 12.1 Å². The van der Waals surface area contributed by atoms with Crippen molar-refractivity contribution in [1.82, 2.24) is 4.31 Å². The van der Waals surface area contributed by atoms with Gasteiger partial charge in [-0.1, -0.05) is 60.2 Å². The van der Waals surface area contributed by atoms with Crippen molar-refractivity contribution in [1.29, 1.82) is 0 Å². The maximum Gasteiger partial charge on any atom is 0.265 e. The van der Waals surface area contributed by atoms with E-state index < -0.39 is 10.0 Å². The van der Waals surface area contributed by atoms with E-state index in [9.17, 15) is 8.42 Å². The fraction of sp³-hybridized carbons (Fsp3) is 0.190. The molecule has 3 aromatic rings. The van der Waals surface area contributed by atoms with Crippen molar-refractivity contribution in [2.75, 3.05) is 13.1 Å². The maximum atomic E-state index is 13.1. The first-order valence-electron chi connectivity index (χ1n) is 8.65. The van der Waals surface area contributed by atoms with Crippen LogP contribution in [0.25, 0.3) is 10.8 Å². The minimum atomic E-state index is -3.58. The molecule has 0 aromatic heterocycles. The number of sulfonamides is 1. The summed E-state index contributed by atoms with van der Waals surface area (Å²) < 4.78 is 27.6. The normalized spacial score (nSPS) is 14.7. The number of benzene rings is 3. The molecule has 1 aliphatic heterocycles. The van der Waals surface area contributed by atoms with E-state index in [0.717, 1.165) is 21.9 Å². The van der Waals surface area contributed by atoms with Crippen molar-refractivity contribution in [3.05, 3.63) is 77.9 Å². The topological polar surface area (TPSA) is 49.7 Å². The molecule has 0 N–H and O–H groups in total. The molecule has 0 bridgehead atoms. The van der Waals surface area contributed by atoms with Crippen LogP contribution in [0, 0.1) is 6.92 Å². The standard InChI is InChI=1S/C21H20N2O2S/c1-16-9-11-19(12-10-16)26(24,25)23-14-13-22-21(23)15-18-7-4-6-17-5-2-3-8-20(17)18/h2-12H,13-15H2,1H3. The van der Waals surface area contributed by atoms with Gasteiger partial charge in [0.05, 0.1) is 18.0 Å². The summed E-state index contributed by atoms with van der Waals surface area (Å²) in [7, 11) is -3.58. The number of nitrogens with zero attached hydrogens (tertiary/aromatic N) is 2. The third-order valence-electron chi connectivity index (χ3n) is 4.72. The molecule has 0 saturated carbocycles. The average molecular weight is 364 g/mol. The summed E-state index contributed by atoms with van der Waals surface area (Å²) in [5.74, 6) is 0.613. The summed E-state index contributed by atoms with van der Waals surface area (Å²) in [5, 5.41) is 2.29. The van der Waals surface area contributed by atoms with Crippen LogP contribution in [-0.4, -0.2) is 31.6 Å². The highest BCUT2D eigenvalue weighted by Gasteiger charge is 2.30. The van der Waals surface area contributed by atoms with Gasteiger partial charge in [0.1, 0.15) is 5.84 Å². The van der Waals surface area contributed by atoms with E-state index in [1.165, 1.54) is 4.31 Å². The van der Waals surface area contributed by atoms with Crippen LogP contribution in [-0.2, 0) is 16.4 Å². The van der Waals surface area contributed by atoms with Crippen LogP contribution in [0.3, 0.4) is 0 Å². The molecule has 26 heavy (non-hydrogen) atoms. The Kier molecular flexibility index (Phi) is 4.24. The van der Waals surface area contributed by atoms with Gasteiger partial charge in [0.15, 0.2) is 0 Å². The molecule has 0 amide bonds. The van der Waals surface area contributed by atoms with Crippen molar-refractivity contribution < 1.29 is 8.42 Å². The molecular weight excluding hydrogens is 344 g/mol. The van der Waals surface area contributed by atoms with Gasteiger partial charge < -0.3 is 0 Å². The van der Waals surface area contributed by atoms with Crippen molar-refractivity contribution in [2.24, 2.45) is 4.99 Å². The number of aliphatic imine (C=N–C) groups is 1. The summed E-state index contributed by atoms with van der Waals surface area (Å²) >= 11 is 0. The Morgan fingerprint density at radius 1 is 0.962 bits per heavy atom. The molecular formula is C21H20N2O2S. The van der Waals surface area contributed by atoms with E-state index >= 15 is 0 Å². The van der Waals surface area contributed by atoms with E-state index in [4.69, 9.17) is 0 Å². The van der Waals surface area contributed by atoms with Crippen LogP contribution in [0.1, 0.15) is 11.1 Å². The molecule has 0 spiro atoms. The monoisotopic (exact) mass is 364 g/mol. The van der Waals surface area contributed by atoms with Gasteiger partial charge in [-0.15, -0.1) is 0 Å². The molecule has 5 heteroatoms. The molecule has 4 nitrogen and oxygen atoms in total. The minimum absolute atomic E-state index is 0.315. The summed E-state index contributed by atoms with van der Waals surface area (Å²) in [5.41, 5.74) is 2.13. The molecule has 0 atom stereocenters. The van der Waals surface area contributed by atoms with Crippen molar-refractivity contribution in [2.45, 2.75) is 18.2 Å². The smallest absolute Gasteiger partial charge is 0.265 e. The number of fused-ring (bicyclic) bond motifs is 1. The van der Waals surface area contributed by atoms with E-state index in [0.29, 0.717) is 30.2 Å². The average Bonchev–Trinajstić information content (AvgIpc) is 3.11. The lowest BCUT2D eigenvalue weighted by Crippen LogP contribution is -2.35. The van der Waals surface area contributed by atoms with Crippen LogP contribution < -0.4 is 0 Å². The highest BCUT2D eigenvalue weighted by atomic mass is 32.2. The molecule has 0 radical (unpaired) electrons. The number of hydrogen-bond donors (Lipinski definition) is 0. The maximum absolute atomic E-state index is 13.1. The van der Waals surface area contributed by atoms with Crippen LogP contribution in [0.4, 0.5) is 0 Å². The predicted octanol–water partition coefficient (Wildman–Crippen LogP) is 3.79. The molecule has 4 rings (SSSR count). The molecule has 0 fully saturated rings. The Hall–Kier alpha value is -2.66. The van der Waals surface area contributed by atoms with Gasteiger partial charge in [-0.2, -0.15) is 0 Å². The quantitative estimate of drug-likeness (QED) is 0.707. The second kappa shape index (κ2) is 6.57. The first-order chi connectivity index (χ1) is 12.6. The summed E-state index contributed by atoms with van der Waals surface area (Å²) in [6, 6.07) is 21.2. The summed E-state index contributed by atoms with van der Waals surface area (Å²) in [4.78, 5) is 4.81. The lowest BCUT2D eigenvalue weighted by molar-refractivity contribution is 0.535. The van der Waals surface area contributed by atoms with Gasteiger partial charge in [-0.25, -0.2) is 8.42 Å². The van der Waals surface area contributed by atoms with Crippen LogP contribution in [0.2, 0.25) is 0 Å². The second-order valence-electron chi connectivity index (χ2n) is 6.50. The predicted molar refractivity (Wildman–Crippen MR) is 105 cm³/mol.